The summed E-state index contributed by atoms with van der Waals surface area (Å²) in [6, 6.07) is 18.5. The molecule has 1 unspecified atom stereocenters. The van der Waals surface area contributed by atoms with E-state index in [1.54, 1.807) is 0 Å². The van der Waals surface area contributed by atoms with Gasteiger partial charge >= 0.3 is 0 Å². The molecule has 4 rings (SSSR count). The van der Waals surface area contributed by atoms with Gasteiger partial charge in [0.25, 0.3) is 0 Å². The van der Waals surface area contributed by atoms with E-state index >= 15 is 0 Å². The zero-order valence-corrected chi connectivity index (χ0v) is 16.3. The highest BCUT2D eigenvalue weighted by molar-refractivity contribution is 5.71. The molecule has 0 amide bonds. The van der Waals surface area contributed by atoms with Gasteiger partial charge in [-0.15, -0.1) is 0 Å². The molecule has 2 aliphatic heterocycles. The van der Waals surface area contributed by atoms with Crippen LogP contribution in [-0.4, -0.2) is 25.0 Å². The van der Waals surface area contributed by atoms with Crippen molar-refractivity contribution in [1.29, 1.82) is 0 Å². The Morgan fingerprint density at radius 1 is 0.923 bits per heavy atom. The van der Waals surface area contributed by atoms with Crippen molar-refractivity contribution in [2.45, 2.75) is 51.5 Å². The maximum atomic E-state index is 2.76. The molecule has 1 atom stereocenters. The summed E-state index contributed by atoms with van der Waals surface area (Å²) in [7, 11) is 2.22. The Labute approximate surface area is 158 Å². The Morgan fingerprint density at radius 2 is 1.62 bits per heavy atom. The summed E-state index contributed by atoms with van der Waals surface area (Å²) >= 11 is 0. The third-order valence-electron chi connectivity index (χ3n) is 6.48. The number of rotatable bonds is 4. The molecular weight excluding hydrogens is 316 g/mol. The molecule has 2 heteroatoms. The molecule has 0 N–H and O–H groups in total. The van der Waals surface area contributed by atoms with E-state index < -0.39 is 0 Å². The number of piperidine rings is 1. The number of fused-ring (bicyclic) bond motifs is 2. The average Bonchev–Trinajstić information content (AvgIpc) is 2.82. The summed E-state index contributed by atoms with van der Waals surface area (Å²) in [5, 5.41) is 0. The van der Waals surface area contributed by atoms with Crippen LogP contribution >= 0.6 is 0 Å². The SMILES string of the molecule is CCCCC1CCN(C2Cc3ccccc3N(C)c3ccccc32)CC1. The average molecular weight is 349 g/mol. The highest BCUT2D eigenvalue weighted by Crippen LogP contribution is 2.42. The summed E-state index contributed by atoms with van der Waals surface area (Å²) < 4.78 is 0. The molecule has 0 spiro atoms. The second-order valence-corrected chi connectivity index (χ2v) is 8.09. The number of likely N-dealkylation sites (tertiary alicyclic amines) is 1. The Kier molecular flexibility index (Phi) is 5.31. The van der Waals surface area contributed by atoms with Gasteiger partial charge in [0.15, 0.2) is 0 Å². The Hall–Kier alpha value is -1.80. The molecule has 26 heavy (non-hydrogen) atoms. The summed E-state index contributed by atoms with van der Waals surface area (Å²) in [6.45, 7) is 4.81. The standard InChI is InChI=1S/C24H32N2/c1-3-4-9-19-14-16-26(17-15-19)24-18-20-10-5-7-12-22(20)25(2)23-13-8-6-11-21(23)24/h5-8,10-13,19,24H,3-4,9,14-18H2,1-2H3. The first-order chi connectivity index (χ1) is 12.8. The van der Waals surface area contributed by atoms with Crippen molar-refractivity contribution < 1.29 is 0 Å². The molecule has 138 valence electrons. The fraction of sp³-hybridized carbons (Fsp3) is 0.500. The Balaban J connectivity index is 1.61. The van der Waals surface area contributed by atoms with E-state index in [-0.39, 0.29) is 0 Å². The molecule has 2 heterocycles. The highest BCUT2D eigenvalue weighted by atomic mass is 15.2. The van der Waals surface area contributed by atoms with E-state index in [2.05, 4.69) is 72.3 Å². The predicted molar refractivity (Wildman–Crippen MR) is 111 cm³/mol. The number of benzene rings is 2. The van der Waals surface area contributed by atoms with Crippen LogP contribution in [0.4, 0.5) is 11.4 Å². The van der Waals surface area contributed by atoms with Gasteiger partial charge in [-0.3, -0.25) is 4.90 Å². The lowest BCUT2D eigenvalue weighted by Gasteiger charge is -2.38. The quantitative estimate of drug-likeness (QED) is 0.673. The minimum Gasteiger partial charge on any atom is -0.344 e. The van der Waals surface area contributed by atoms with Gasteiger partial charge in [0.1, 0.15) is 0 Å². The van der Waals surface area contributed by atoms with Gasteiger partial charge in [0.2, 0.25) is 0 Å². The molecule has 2 aromatic carbocycles. The molecule has 2 nitrogen and oxygen atoms in total. The van der Waals surface area contributed by atoms with Crippen LogP contribution in [0.3, 0.4) is 0 Å². The zero-order valence-electron chi connectivity index (χ0n) is 16.3. The van der Waals surface area contributed by atoms with Crippen molar-refractivity contribution in [3.05, 3.63) is 59.7 Å². The number of para-hydroxylation sites is 2. The molecule has 1 fully saturated rings. The van der Waals surface area contributed by atoms with Gasteiger partial charge < -0.3 is 4.90 Å². The number of hydrogen-bond acceptors (Lipinski definition) is 2. The minimum absolute atomic E-state index is 0.504. The van der Waals surface area contributed by atoms with Gasteiger partial charge in [-0.25, -0.2) is 0 Å². The lowest BCUT2D eigenvalue weighted by molar-refractivity contribution is 0.127. The molecule has 0 radical (unpaired) electrons. The fourth-order valence-electron chi connectivity index (χ4n) is 4.91. The van der Waals surface area contributed by atoms with Crippen LogP contribution in [0.1, 0.15) is 56.2 Å². The highest BCUT2D eigenvalue weighted by Gasteiger charge is 2.31. The lowest BCUT2D eigenvalue weighted by Crippen LogP contribution is -2.37. The Morgan fingerprint density at radius 3 is 2.38 bits per heavy atom. The molecule has 0 saturated carbocycles. The zero-order chi connectivity index (χ0) is 17.9. The van der Waals surface area contributed by atoms with Crippen LogP contribution in [0.2, 0.25) is 0 Å². The van der Waals surface area contributed by atoms with Crippen LogP contribution in [-0.2, 0) is 6.42 Å². The minimum atomic E-state index is 0.504. The summed E-state index contributed by atoms with van der Waals surface area (Å²) in [5.74, 6) is 0.946. The largest absolute Gasteiger partial charge is 0.344 e. The smallest absolute Gasteiger partial charge is 0.0456 e. The summed E-state index contributed by atoms with van der Waals surface area (Å²) in [6.07, 6.45) is 8.02. The van der Waals surface area contributed by atoms with Crippen molar-refractivity contribution in [3.8, 4) is 0 Å². The number of hydrogen-bond donors (Lipinski definition) is 0. The van der Waals surface area contributed by atoms with Crippen LogP contribution in [0.25, 0.3) is 0 Å². The van der Waals surface area contributed by atoms with Crippen molar-refractivity contribution in [2.75, 3.05) is 25.0 Å². The first-order valence-electron chi connectivity index (χ1n) is 10.4. The van der Waals surface area contributed by atoms with Gasteiger partial charge in [-0.2, -0.15) is 0 Å². The van der Waals surface area contributed by atoms with Crippen LogP contribution < -0.4 is 4.90 Å². The number of nitrogens with zero attached hydrogens (tertiary/aromatic N) is 2. The van der Waals surface area contributed by atoms with Crippen molar-refractivity contribution in [2.24, 2.45) is 5.92 Å². The Bertz CT molecular complexity index is 730. The van der Waals surface area contributed by atoms with E-state index in [4.69, 9.17) is 0 Å². The molecule has 2 aromatic rings. The summed E-state index contributed by atoms with van der Waals surface area (Å²) in [5.41, 5.74) is 5.71. The molecule has 0 aromatic heterocycles. The van der Waals surface area contributed by atoms with E-state index in [0.717, 1.165) is 12.3 Å². The predicted octanol–water partition coefficient (Wildman–Crippen LogP) is 5.95. The van der Waals surface area contributed by atoms with E-state index in [9.17, 15) is 0 Å². The van der Waals surface area contributed by atoms with Gasteiger partial charge in [-0.05, 0) is 61.5 Å². The van der Waals surface area contributed by atoms with Gasteiger partial charge in [0.05, 0.1) is 0 Å². The van der Waals surface area contributed by atoms with Crippen molar-refractivity contribution in [3.63, 3.8) is 0 Å². The molecule has 0 aliphatic carbocycles. The fourth-order valence-corrected chi connectivity index (χ4v) is 4.91. The maximum absolute atomic E-state index is 2.76. The molecule has 1 saturated heterocycles. The van der Waals surface area contributed by atoms with Crippen LogP contribution in [0, 0.1) is 5.92 Å². The number of unbranched alkanes of at least 4 members (excludes halogenated alkanes) is 1. The van der Waals surface area contributed by atoms with Crippen molar-refractivity contribution >= 4 is 11.4 Å². The first-order valence-corrected chi connectivity index (χ1v) is 10.4. The third kappa shape index (κ3) is 3.40. The monoisotopic (exact) mass is 348 g/mol. The topological polar surface area (TPSA) is 6.48 Å². The second kappa shape index (κ2) is 7.84. The van der Waals surface area contributed by atoms with E-state index in [1.165, 1.54) is 67.7 Å². The van der Waals surface area contributed by atoms with Gasteiger partial charge in [-0.1, -0.05) is 62.6 Å². The number of anilines is 2. The second-order valence-electron chi connectivity index (χ2n) is 8.09. The van der Waals surface area contributed by atoms with Gasteiger partial charge in [0, 0.05) is 24.5 Å². The lowest BCUT2D eigenvalue weighted by atomic mass is 9.89. The van der Waals surface area contributed by atoms with E-state index in [0.29, 0.717) is 6.04 Å². The normalized spacial score (nSPS) is 21.2. The van der Waals surface area contributed by atoms with Crippen molar-refractivity contribution in [1.82, 2.24) is 4.90 Å². The summed E-state index contributed by atoms with van der Waals surface area (Å²) in [4.78, 5) is 5.15. The van der Waals surface area contributed by atoms with Crippen LogP contribution in [0.15, 0.2) is 48.5 Å². The molecular formula is C24H32N2. The first kappa shape index (κ1) is 17.6. The van der Waals surface area contributed by atoms with Crippen LogP contribution in [0.5, 0.6) is 0 Å². The molecule has 0 bridgehead atoms. The maximum Gasteiger partial charge on any atom is 0.0456 e. The van der Waals surface area contributed by atoms with E-state index in [1.807, 2.05) is 0 Å². The third-order valence-corrected chi connectivity index (χ3v) is 6.48. The molecule has 2 aliphatic rings.